The Hall–Kier alpha value is -2.34. The molecule has 2 aromatic rings. The maximum absolute atomic E-state index is 12.9. The smallest absolute Gasteiger partial charge is 0.246 e. The van der Waals surface area contributed by atoms with E-state index in [1.54, 1.807) is 4.90 Å². The number of rotatable bonds is 2. The maximum Gasteiger partial charge on any atom is 0.246 e. The molecule has 3 heterocycles. The number of aromatic amines is 1. The number of aliphatic hydroxyl groups excluding tert-OH is 1. The number of hydrogen-bond acceptors (Lipinski definition) is 3. The van der Waals surface area contributed by atoms with E-state index in [1.807, 2.05) is 32.0 Å². The van der Waals surface area contributed by atoms with Gasteiger partial charge in [0.2, 0.25) is 11.8 Å². The van der Waals surface area contributed by atoms with Gasteiger partial charge in [-0.2, -0.15) is 0 Å². The Bertz CT molecular complexity index is 839. The number of benzene rings is 1. The SMILES string of the molecule is CC1(C)c2[nH]c3ccccc3c2C[C@H]2C(=O)N(CCO)CC(=O)N21. The molecule has 6 nitrogen and oxygen atoms in total. The number of aliphatic hydroxyl groups is 1. The van der Waals surface area contributed by atoms with Gasteiger partial charge in [0.1, 0.15) is 6.04 Å². The van der Waals surface area contributed by atoms with Crippen molar-refractivity contribution in [2.75, 3.05) is 19.7 Å². The number of nitrogens with zero attached hydrogens (tertiary/aromatic N) is 2. The van der Waals surface area contributed by atoms with Crippen molar-refractivity contribution >= 4 is 22.7 Å². The first kappa shape index (κ1) is 15.2. The van der Waals surface area contributed by atoms with Gasteiger partial charge in [-0.05, 0) is 25.5 Å². The number of carbonyl (C=O) groups excluding carboxylic acids is 2. The molecular formula is C18H21N3O3. The van der Waals surface area contributed by atoms with Crippen molar-refractivity contribution in [2.24, 2.45) is 0 Å². The average molecular weight is 327 g/mol. The second kappa shape index (κ2) is 5.08. The Morgan fingerprint density at radius 1 is 1.29 bits per heavy atom. The normalized spacial score (nSPS) is 22.7. The lowest BCUT2D eigenvalue weighted by Gasteiger charge is -2.51. The first-order valence-corrected chi connectivity index (χ1v) is 8.27. The predicted octanol–water partition coefficient (Wildman–Crippen LogP) is 0.991. The third-order valence-electron chi connectivity index (χ3n) is 5.30. The van der Waals surface area contributed by atoms with Crippen LogP contribution in [0.15, 0.2) is 24.3 Å². The van der Waals surface area contributed by atoms with Crippen LogP contribution in [-0.4, -0.2) is 57.4 Å². The van der Waals surface area contributed by atoms with E-state index in [0.29, 0.717) is 6.42 Å². The predicted molar refractivity (Wildman–Crippen MR) is 89.3 cm³/mol. The minimum Gasteiger partial charge on any atom is -0.395 e. The summed E-state index contributed by atoms with van der Waals surface area (Å²) in [6.07, 6.45) is 0.509. The van der Waals surface area contributed by atoms with Crippen LogP contribution in [0.5, 0.6) is 0 Å². The third-order valence-corrected chi connectivity index (χ3v) is 5.30. The number of fused-ring (bicyclic) bond motifs is 4. The Labute approximate surface area is 140 Å². The van der Waals surface area contributed by atoms with E-state index < -0.39 is 11.6 Å². The lowest BCUT2D eigenvalue weighted by atomic mass is 9.82. The lowest BCUT2D eigenvalue weighted by Crippen LogP contribution is -2.67. The molecule has 2 amide bonds. The van der Waals surface area contributed by atoms with Crippen LogP contribution >= 0.6 is 0 Å². The summed E-state index contributed by atoms with van der Waals surface area (Å²) in [6, 6.07) is 7.53. The number of β-amino-alcohol motifs (C(OH)–C–C–N with tert-alkyl or cyclic N) is 1. The standard InChI is InChI=1S/C18H21N3O3/c1-18(2)16-12(11-5-3-4-6-13(11)19-16)9-14-17(24)20(7-8-22)10-15(23)21(14)18/h3-6,14,19,22H,7-10H2,1-2H3/t14-/m0/s1. The molecule has 0 saturated carbocycles. The van der Waals surface area contributed by atoms with E-state index >= 15 is 0 Å². The summed E-state index contributed by atoms with van der Waals surface area (Å²) < 4.78 is 0. The monoisotopic (exact) mass is 327 g/mol. The van der Waals surface area contributed by atoms with Gasteiger partial charge < -0.3 is 19.9 Å². The minimum absolute atomic E-state index is 0.0366. The molecule has 0 spiro atoms. The summed E-state index contributed by atoms with van der Waals surface area (Å²) in [4.78, 5) is 32.2. The zero-order valence-electron chi connectivity index (χ0n) is 13.9. The number of H-pyrrole nitrogens is 1. The lowest BCUT2D eigenvalue weighted by molar-refractivity contribution is -0.164. The van der Waals surface area contributed by atoms with Crippen LogP contribution in [0.4, 0.5) is 0 Å². The van der Waals surface area contributed by atoms with Gasteiger partial charge in [0.15, 0.2) is 0 Å². The van der Waals surface area contributed by atoms with E-state index in [2.05, 4.69) is 11.1 Å². The molecule has 0 unspecified atom stereocenters. The van der Waals surface area contributed by atoms with Crippen molar-refractivity contribution < 1.29 is 14.7 Å². The molecule has 126 valence electrons. The van der Waals surface area contributed by atoms with E-state index in [9.17, 15) is 9.59 Å². The molecule has 1 saturated heterocycles. The molecule has 2 aliphatic heterocycles. The molecule has 0 radical (unpaired) electrons. The fourth-order valence-corrected chi connectivity index (χ4v) is 4.25. The molecule has 0 aliphatic carbocycles. The molecule has 1 atom stereocenters. The zero-order chi connectivity index (χ0) is 17.1. The van der Waals surface area contributed by atoms with Crippen molar-refractivity contribution in [3.63, 3.8) is 0 Å². The van der Waals surface area contributed by atoms with Gasteiger partial charge in [0, 0.05) is 29.6 Å². The van der Waals surface area contributed by atoms with Crippen molar-refractivity contribution in [3.8, 4) is 0 Å². The van der Waals surface area contributed by atoms with Gasteiger partial charge in [0.25, 0.3) is 0 Å². The number of nitrogens with one attached hydrogen (secondary N) is 1. The molecule has 0 bridgehead atoms. The first-order chi connectivity index (χ1) is 11.4. The second-order valence-corrected chi connectivity index (χ2v) is 7.05. The summed E-state index contributed by atoms with van der Waals surface area (Å²) in [6.45, 7) is 4.08. The maximum atomic E-state index is 12.9. The van der Waals surface area contributed by atoms with Crippen molar-refractivity contribution in [1.82, 2.24) is 14.8 Å². The number of aromatic nitrogens is 1. The molecule has 1 aromatic carbocycles. The Morgan fingerprint density at radius 2 is 2.04 bits per heavy atom. The Balaban J connectivity index is 1.86. The quantitative estimate of drug-likeness (QED) is 0.864. The van der Waals surface area contributed by atoms with Crippen LogP contribution in [0.3, 0.4) is 0 Å². The van der Waals surface area contributed by atoms with Gasteiger partial charge in [0.05, 0.1) is 18.7 Å². The highest BCUT2D eigenvalue weighted by Crippen LogP contribution is 2.42. The summed E-state index contributed by atoms with van der Waals surface area (Å²) in [5.41, 5.74) is 2.58. The molecule has 1 aromatic heterocycles. The average Bonchev–Trinajstić information content (AvgIpc) is 2.92. The van der Waals surface area contributed by atoms with Crippen LogP contribution in [-0.2, 0) is 21.5 Å². The van der Waals surface area contributed by atoms with Crippen LogP contribution in [0.2, 0.25) is 0 Å². The first-order valence-electron chi connectivity index (χ1n) is 8.27. The summed E-state index contributed by atoms with van der Waals surface area (Å²) in [5, 5.41) is 10.3. The van der Waals surface area contributed by atoms with Gasteiger partial charge >= 0.3 is 0 Å². The van der Waals surface area contributed by atoms with Crippen LogP contribution in [0, 0.1) is 0 Å². The molecular weight excluding hydrogens is 306 g/mol. The molecule has 1 fully saturated rings. The number of carbonyl (C=O) groups is 2. The van der Waals surface area contributed by atoms with E-state index in [0.717, 1.165) is 22.2 Å². The Morgan fingerprint density at radius 3 is 2.79 bits per heavy atom. The highest BCUT2D eigenvalue weighted by molar-refractivity contribution is 5.97. The van der Waals surface area contributed by atoms with E-state index in [-0.39, 0.29) is 31.5 Å². The van der Waals surface area contributed by atoms with Crippen LogP contribution < -0.4 is 0 Å². The molecule has 2 N–H and O–H groups in total. The molecule has 2 aliphatic rings. The fourth-order valence-electron chi connectivity index (χ4n) is 4.25. The number of hydrogen-bond donors (Lipinski definition) is 2. The van der Waals surface area contributed by atoms with E-state index in [1.165, 1.54) is 4.90 Å². The zero-order valence-corrected chi connectivity index (χ0v) is 13.9. The Kier molecular flexibility index (Phi) is 3.22. The van der Waals surface area contributed by atoms with Gasteiger partial charge in [-0.1, -0.05) is 18.2 Å². The highest BCUT2D eigenvalue weighted by Gasteiger charge is 2.51. The van der Waals surface area contributed by atoms with Crippen LogP contribution in [0.25, 0.3) is 10.9 Å². The van der Waals surface area contributed by atoms with Crippen molar-refractivity contribution in [2.45, 2.75) is 31.8 Å². The summed E-state index contributed by atoms with van der Waals surface area (Å²) in [7, 11) is 0. The molecule has 6 heteroatoms. The fraction of sp³-hybridized carbons (Fsp3) is 0.444. The van der Waals surface area contributed by atoms with Gasteiger partial charge in [-0.25, -0.2) is 0 Å². The van der Waals surface area contributed by atoms with Crippen molar-refractivity contribution in [3.05, 3.63) is 35.5 Å². The van der Waals surface area contributed by atoms with Crippen molar-refractivity contribution in [1.29, 1.82) is 0 Å². The van der Waals surface area contributed by atoms with Gasteiger partial charge in [-0.15, -0.1) is 0 Å². The minimum atomic E-state index is -0.574. The number of piperazine rings is 1. The summed E-state index contributed by atoms with van der Waals surface area (Å²) >= 11 is 0. The number of para-hydroxylation sites is 1. The molecule has 4 rings (SSSR count). The van der Waals surface area contributed by atoms with Crippen LogP contribution in [0.1, 0.15) is 25.1 Å². The second-order valence-electron chi connectivity index (χ2n) is 7.05. The number of amides is 2. The third kappa shape index (κ3) is 1.92. The summed E-state index contributed by atoms with van der Waals surface area (Å²) in [5.74, 6) is -0.144. The van der Waals surface area contributed by atoms with E-state index in [4.69, 9.17) is 5.11 Å². The van der Waals surface area contributed by atoms with Gasteiger partial charge in [-0.3, -0.25) is 9.59 Å². The molecule has 24 heavy (non-hydrogen) atoms. The topological polar surface area (TPSA) is 76.6 Å². The highest BCUT2D eigenvalue weighted by atomic mass is 16.3. The largest absolute Gasteiger partial charge is 0.395 e.